The van der Waals surface area contributed by atoms with Crippen LogP contribution >= 0.6 is 0 Å². The van der Waals surface area contributed by atoms with Crippen molar-refractivity contribution < 1.29 is 38.9 Å². The molecule has 184 valence electrons. The maximum atomic E-state index is 12.3. The molecule has 12 nitrogen and oxygen atoms in total. The summed E-state index contributed by atoms with van der Waals surface area (Å²) >= 11 is 0. The SMILES string of the molecule is C=C(C)N=C(NC=O)NC(=O)c1ccc(NC(=O)OCCC(OC(=O)C(=C)C)C(O)CO)cc1. The summed E-state index contributed by atoms with van der Waals surface area (Å²) in [6.45, 7) is 9.15. The number of aliphatic hydroxyl groups excluding tert-OH is 2. The molecule has 0 aliphatic heterocycles. The van der Waals surface area contributed by atoms with Gasteiger partial charge in [0.05, 0.1) is 13.2 Å². The van der Waals surface area contributed by atoms with E-state index >= 15 is 0 Å². The Morgan fingerprint density at radius 2 is 1.82 bits per heavy atom. The summed E-state index contributed by atoms with van der Waals surface area (Å²) in [5.41, 5.74) is 1.03. The molecular formula is C22H28N4O8. The van der Waals surface area contributed by atoms with E-state index in [1.807, 2.05) is 0 Å². The van der Waals surface area contributed by atoms with Gasteiger partial charge in [-0.05, 0) is 38.1 Å². The monoisotopic (exact) mass is 476 g/mol. The van der Waals surface area contributed by atoms with E-state index in [1.54, 1.807) is 6.92 Å². The van der Waals surface area contributed by atoms with Crippen LogP contribution in [0.4, 0.5) is 10.5 Å². The lowest BCUT2D eigenvalue weighted by Gasteiger charge is -2.21. The number of esters is 1. The first-order valence-electron chi connectivity index (χ1n) is 10.0. The Balaban J connectivity index is 2.62. The molecule has 0 heterocycles. The number of aliphatic imine (C=N–C) groups is 1. The van der Waals surface area contributed by atoms with Crippen LogP contribution in [0.25, 0.3) is 0 Å². The number of nitrogens with one attached hydrogen (secondary N) is 3. The van der Waals surface area contributed by atoms with Crippen LogP contribution in [0.5, 0.6) is 0 Å². The Morgan fingerprint density at radius 1 is 1.18 bits per heavy atom. The molecule has 0 aliphatic rings. The minimum absolute atomic E-state index is 0.0594. The van der Waals surface area contributed by atoms with Gasteiger partial charge in [0.1, 0.15) is 12.2 Å². The lowest BCUT2D eigenvalue weighted by Crippen LogP contribution is -2.40. The van der Waals surface area contributed by atoms with E-state index in [1.165, 1.54) is 31.2 Å². The van der Waals surface area contributed by atoms with E-state index in [0.717, 1.165) is 0 Å². The Bertz CT molecular complexity index is 943. The molecule has 3 amide bonds. The number of benzene rings is 1. The number of carbonyl (C=O) groups excluding carboxylic acids is 4. The zero-order valence-corrected chi connectivity index (χ0v) is 18.9. The summed E-state index contributed by atoms with van der Waals surface area (Å²) in [5, 5.41) is 26.0. The van der Waals surface area contributed by atoms with Gasteiger partial charge in [-0.15, -0.1) is 0 Å². The summed E-state index contributed by atoms with van der Waals surface area (Å²) in [4.78, 5) is 50.4. The minimum atomic E-state index is -1.35. The second-order valence-electron chi connectivity index (χ2n) is 7.01. The number of hydrogen-bond donors (Lipinski definition) is 5. The molecule has 12 heteroatoms. The van der Waals surface area contributed by atoms with Crippen LogP contribution in [0.15, 0.2) is 53.7 Å². The predicted octanol–water partition coefficient (Wildman–Crippen LogP) is 0.832. The maximum absolute atomic E-state index is 12.3. The van der Waals surface area contributed by atoms with Crippen LogP contribution in [-0.4, -0.2) is 66.0 Å². The summed E-state index contributed by atoms with van der Waals surface area (Å²) in [5.74, 6) is -1.39. The molecule has 0 saturated carbocycles. The number of carbonyl (C=O) groups is 4. The number of allylic oxidation sites excluding steroid dienone is 1. The highest BCUT2D eigenvalue weighted by Crippen LogP contribution is 2.12. The highest BCUT2D eigenvalue weighted by molar-refractivity contribution is 6.08. The average Bonchev–Trinajstić information content (AvgIpc) is 2.77. The van der Waals surface area contributed by atoms with Crippen molar-refractivity contribution in [2.75, 3.05) is 18.5 Å². The van der Waals surface area contributed by atoms with Crippen LogP contribution in [0.3, 0.4) is 0 Å². The quantitative estimate of drug-likeness (QED) is 0.103. The van der Waals surface area contributed by atoms with Crippen LogP contribution in [0.1, 0.15) is 30.6 Å². The van der Waals surface area contributed by atoms with Gasteiger partial charge in [-0.25, -0.2) is 14.6 Å². The number of nitrogens with zero attached hydrogens (tertiary/aromatic N) is 1. The largest absolute Gasteiger partial charge is 0.456 e. The molecule has 5 N–H and O–H groups in total. The second kappa shape index (κ2) is 14.2. The summed E-state index contributed by atoms with van der Waals surface area (Å²) in [6.07, 6.45) is -2.97. The van der Waals surface area contributed by atoms with E-state index in [9.17, 15) is 24.3 Å². The Morgan fingerprint density at radius 3 is 2.35 bits per heavy atom. The molecule has 0 fully saturated rings. The van der Waals surface area contributed by atoms with Gasteiger partial charge in [0, 0.05) is 28.9 Å². The number of ether oxygens (including phenoxy) is 2. The molecule has 0 bridgehead atoms. The maximum Gasteiger partial charge on any atom is 0.411 e. The summed E-state index contributed by atoms with van der Waals surface area (Å²) in [7, 11) is 0. The van der Waals surface area contributed by atoms with Crippen LogP contribution in [-0.2, 0) is 19.1 Å². The van der Waals surface area contributed by atoms with Crippen LogP contribution < -0.4 is 16.0 Å². The van der Waals surface area contributed by atoms with E-state index in [4.69, 9.17) is 14.6 Å². The van der Waals surface area contributed by atoms with Crippen molar-refractivity contribution in [3.63, 3.8) is 0 Å². The molecule has 1 aromatic carbocycles. The van der Waals surface area contributed by atoms with Crippen LogP contribution in [0.2, 0.25) is 0 Å². The number of amides is 3. The fourth-order valence-electron chi connectivity index (χ4n) is 2.33. The predicted molar refractivity (Wildman–Crippen MR) is 123 cm³/mol. The second-order valence-corrected chi connectivity index (χ2v) is 7.01. The highest BCUT2D eigenvalue weighted by atomic mass is 16.6. The number of guanidine groups is 1. The number of aliphatic hydroxyl groups is 2. The molecule has 0 radical (unpaired) electrons. The van der Waals surface area contributed by atoms with Gasteiger partial charge in [0.15, 0.2) is 0 Å². The van der Waals surface area contributed by atoms with Crippen molar-refractivity contribution in [1.82, 2.24) is 10.6 Å². The summed E-state index contributed by atoms with van der Waals surface area (Å²) < 4.78 is 10.0. The topological polar surface area (TPSA) is 176 Å². The third kappa shape index (κ3) is 10.1. The smallest absolute Gasteiger partial charge is 0.411 e. The fraction of sp³-hybridized carbons (Fsp3) is 0.318. The number of rotatable bonds is 11. The Hall–Kier alpha value is -4.03. The van der Waals surface area contributed by atoms with E-state index < -0.39 is 36.8 Å². The third-order valence-corrected chi connectivity index (χ3v) is 3.98. The van der Waals surface area contributed by atoms with Crippen molar-refractivity contribution in [1.29, 1.82) is 0 Å². The first-order chi connectivity index (χ1) is 16.1. The zero-order chi connectivity index (χ0) is 25.7. The van der Waals surface area contributed by atoms with Gasteiger partial charge in [-0.2, -0.15) is 0 Å². The molecule has 1 aromatic rings. The molecule has 2 unspecified atom stereocenters. The Kier molecular flexibility index (Phi) is 11.7. The van der Waals surface area contributed by atoms with Crippen molar-refractivity contribution >= 4 is 36.0 Å². The molecular weight excluding hydrogens is 448 g/mol. The van der Waals surface area contributed by atoms with E-state index in [0.29, 0.717) is 17.8 Å². The number of hydrogen-bond acceptors (Lipinski definition) is 9. The molecule has 2 atom stereocenters. The first kappa shape index (κ1) is 28.0. The molecule has 0 aliphatic carbocycles. The zero-order valence-electron chi connectivity index (χ0n) is 18.9. The van der Waals surface area contributed by atoms with Gasteiger partial charge >= 0.3 is 12.1 Å². The van der Waals surface area contributed by atoms with E-state index in [2.05, 4.69) is 34.1 Å². The van der Waals surface area contributed by atoms with Gasteiger partial charge in [0.25, 0.3) is 5.91 Å². The van der Waals surface area contributed by atoms with Crippen molar-refractivity contribution in [2.45, 2.75) is 32.5 Å². The van der Waals surface area contributed by atoms with Gasteiger partial charge < -0.3 is 19.7 Å². The fourth-order valence-corrected chi connectivity index (χ4v) is 2.33. The third-order valence-electron chi connectivity index (χ3n) is 3.98. The van der Waals surface area contributed by atoms with Gasteiger partial charge in [-0.1, -0.05) is 13.2 Å². The Labute approximate surface area is 196 Å². The summed E-state index contributed by atoms with van der Waals surface area (Å²) in [6, 6.07) is 5.75. The minimum Gasteiger partial charge on any atom is -0.456 e. The highest BCUT2D eigenvalue weighted by Gasteiger charge is 2.23. The number of anilines is 1. The molecule has 0 spiro atoms. The van der Waals surface area contributed by atoms with Crippen molar-refractivity contribution in [3.05, 3.63) is 54.3 Å². The molecule has 1 rings (SSSR count). The molecule has 0 saturated heterocycles. The van der Waals surface area contributed by atoms with Gasteiger partial charge in [-0.3, -0.25) is 25.5 Å². The lowest BCUT2D eigenvalue weighted by atomic mass is 10.1. The van der Waals surface area contributed by atoms with Crippen molar-refractivity contribution in [3.8, 4) is 0 Å². The average molecular weight is 476 g/mol. The standard InChI is InChI=1S/C22H28N4O8/c1-13(2)20(31)34-18(17(29)11-27)9-10-33-22(32)25-16-7-5-15(6-8-16)19(30)26-21(23-12-28)24-14(3)4/h5-8,12,17-18,27,29H,1,3,9-11H2,2,4H3,(H,25,32)(H2,23,24,26,28,30). The molecule has 34 heavy (non-hydrogen) atoms. The molecule has 0 aromatic heterocycles. The van der Waals surface area contributed by atoms with Crippen molar-refractivity contribution in [2.24, 2.45) is 4.99 Å². The lowest BCUT2D eigenvalue weighted by molar-refractivity contribution is -0.152. The normalized spacial score (nSPS) is 12.5. The first-order valence-corrected chi connectivity index (χ1v) is 10.0. The van der Waals surface area contributed by atoms with Gasteiger partial charge in [0.2, 0.25) is 12.4 Å². The van der Waals surface area contributed by atoms with Crippen LogP contribution in [0, 0.1) is 0 Å². The van der Waals surface area contributed by atoms with E-state index in [-0.39, 0.29) is 30.1 Å².